The highest BCUT2D eigenvalue weighted by atomic mass is 16.5. The van der Waals surface area contributed by atoms with E-state index in [0.29, 0.717) is 43.2 Å². The average Bonchev–Trinajstić information content (AvgIpc) is 3.12. The first-order valence-electron chi connectivity index (χ1n) is 10.7. The van der Waals surface area contributed by atoms with Crippen LogP contribution in [0.1, 0.15) is 35.2 Å². The van der Waals surface area contributed by atoms with E-state index in [4.69, 9.17) is 20.6 Å². The number of rotatable bonds is 12. The van der Waals surface area contributed by atoms with Crippen molar-refractivity contribution in [3.05, 3.63) is 29.3 Å². The van der Waals surface area contributed by atoms with Gasteiger partial charge in [0.05, 0.1) is 39.5 Å². The summed E-state index contributed by atoms with van der Waals surface area (Å²) in [4.78, 5) is 50.2. The summed E-state index contributed by atoms with van der Waals surface area (Å²) in [5, 5.41) is 5.09. The van der Waals surface area contributed by atoms with E-state index in [1.807, 2.05) is 0 Å². The second kappa shape index (κ2) is 12.1. The van der Waals surface area contributed by atoms with Crippen molar-refractivity contribution < 1.29 is 33.4 Å². The molecule has 0 aliphatic carbocycles. The van der Waals surface area contributed by atoms with Crippen molar-refractivity contribution >= 4 is 29.3 Å². The summed E-state index contributed by atoms with van der Waals surface area (Å²) in [5.74, 6) is 1.01. The number of nitrogens with zero attached hydrogens (tertiary/aromatic N) is 1. The van der Waals surface area contributed by atoms with E-state index in [1.165, 1.54) is 4.90 Å². The van der Waals surface area contributed by atoms with Gasteiger partial charge in [-0.3, -0.25) is 24.5 Å². The minimum absolute atomic E-state index is 0.139. The second-order valence-electron chi connectivity index (χ2n) is 7.51. The molecule has 2 heterocycles. The molecule has 1 saturated heterocycles. The number of anilines is 1. The van der Waals surface area contributed by atoms with Crippen LogP contribution in [0.15, 0.2) is 18.2 Å². The van der Waals surface area contributed by atoms with Crippen LogP contribution < -0.4 is 10.6 Å². The Labute approximate surface area is 191 Å². The maximum atomic E-state index is 12.8. The minimum atomic E-state index is -0.703. The van der Waals surface area contributed by atoms with Gasteiger partial charge < -0.3 is 24.4 Å². The zero-order valence-corrected chi connectivity index (χ0v) is 18.3. The van der Waals surface area contributed by atoms with Crippen molar-refractivity contribution in [2.24, 2.45) is 0 Å². The lowest BCUT2D eigenvalue weighted by atomic mass is 10.0. The van der Waals surface area contributed by atoms with Gasteiger partial charge in [-0.15, -0.1) is 6.42 Å². The summed E-state index contributed by atoms with van der Waals surface area (Å²) < 4.78 is 15.8. The number of fused-ring (bicyclic) bond motifs is 1. The van der Waals surface area contributed by atoms with E-state index >= 15 is 0 Å². The fraction of sp³-hybridized carbons (Fsp3) is 0.478. The lowest BCUT2D eigenvalue weighted by Gasteiger charge is -2.29. The Kier molecular flexibility index (Phi) is 8.95. The van der Waals surface area contributed by atoms with E-state index in [9.17, 15) is 19.2 Å². The Morgan fingerprint density at radius 2 is 1.85 bits per heavy atom. The molecule has 0 aromatic heterocycles. The molecule has 1 aromatic rings. The molecule has 10 heteroatoms. The molecule has 0 spiro atoms. The standard InChI is InChI=1S/C23H27N3O7/c1-2-9-31-11-13-33-14-12-32-10-8-21(28)24-18-5-3-4-16-17(18)15-26(23(16)30)19-6-7-20(27)25-22(19)29/h1,3-5,19H,6-15H2,(H,24,28)(H,25,27,29). The minimum Gasteiger partial charge on any atom is -0.379 e. The Bertz CT molecular complexity index is 940. The molecule has 176 valence electrons. The third kappa shape index (κ3) is 6.61. The van der Waals surface area contributed by atoms with Gasteiger partial charge in [0.25, 0.3) is 5.91 Å². The molecule has 2 aliphatic rings. The Morgan fingerprint density at radius 3 is 2.58 bits per heavy atom. The SMILES string of the molecule is C#CCOCCOCCOCCC(=O)Nc1cccc2c1CN(C1CCC(=O)NC1=O)C2=O. The van der Waals surface area contributed by atoms with Gasteiger partial charge in [-0.2, -0.15) is 0 Å². The zero-order chi connectivity index (χ0) is 23.6. The zero-order valence-electron chi connectivity index (χ0n) is 18.3. The highest BCUT2D eigenvalue weighted by Gasteiger charge is 2.39. The molecule has 2 aliphatic heterocycles. The van der Waals surface area contributed by atoms with Crippen LogP contribution in [0.5, 0.6) is 0 Å². The smallest absolute Gasteiger partial charge is 0.255 e. The number of hydrogen-bond donors (Lipinski definition) is 2. The van der Waals surface area contributed by atoms with Crippen molar-refractivity contribution in [1.82, 2.24) is 10.2 Å². The normalized spacial score (nSPS) is 17.5. The molecular weight excluding hydrogens is 430 g/mol. The number of piperidine rings is 1. The highest BCUT2D eigenvalue weighted by molar-refractivity contribution is 6.06. The number of terminal acetylenes is 1. The molecule has 1 fully saturated rings. The number of benzene rings is 1. The van der Waals surface area contributed by atoms with Crippen LogP contribution in [-0.2, 0) is 35.1 Å². The van der Waals surface area contributed by atoms with Gasteiger partial charge in [0.15, 0.2) is 0 Å². The average molecular weight is 457 g/mol. The van der Waals surface area contributed by atoms with E-state index in [1.54, 1.807) is 18.2 Å². The molecule has 0 bridgehead atoms. The fourth-order valence-electron chi connectivity index (χ4n) is 3.65. The van der Waals surface area contributed by atoms with Gasteiger partial charge in [-0.1, -0.05) is 12.0 Å². The van der Waals surface area contributed by atoms with E-state index in [0.717, 1.165) is 0 Å². The van der Waals surface area contributed by atoms with Crippen molar-refractivity contribution in [2.75, 3.05) is 45.0 Å². The molecule has 10 nitrogen and oxygen atoms in total. The van der Waals surface area contributed by atoms with Gasteiger partial charge in [0.2, 0.25) is 17.7 Å². The maximum absolute atomic E-state index is 12.8. The van der Waals surface area contributed by atoms with Crippen LogP contribution in [0.2, 0.25) is 0 Å². The van der Waals surface area contributed by atoms with Gasteiger partial charge in [0, 0.05) is 29.8 Å². The van der Waals surface area contributed by atoms with Crippen LogP contribution in [-0.4, -0.2) is 74.2 Å². The summed E-state index contributed by atoms with van der Waals surface area (Å²) in [5.41, 5.74) is 1.62. The predicted molar refractivity (Wildman–Crippen MR) is 117 cm³/mol. The number of carbonyl (C=O) groups is 4. The topological polar surface area (TPSA) is 123 Å². The second-order valence-corrected chi connectivity index (χ2v) is 7.51. The first-order chi connectivity index (χ1) is 16.0. The number of carbonyl (C=O) groups excluding carboxylic acids is 4. The van der Waals surface area contributed by atoms with E-state index in [2.05, 4.69) is 16.6 Å². The molecular formula is C23H27N3O7. The quantitative estimate of drug-likeness (QED) is 0.266. The number of imide groups is 1. The first kappa shape index (κ1) is 24.4. The third-order valence-electron chi connectivity index (χ3n) is 5.26. The largest absolute Gasteiger partial charge is 0.379 e. The van der Waals surface area contributed by atoms with Gasteiger partial charge in [0.1, 0.15) is 12.6 Å². The Hall–Kier alpha value is -3.26. The lowest BCUT2D eigenvalue weighted by Crippen LogP contribution is -2.52. The van der Waals surface area contributed by atoms with Crippen LogP contribution in [0.25, 0.3) is 0 Å². The number of nitrogens with one attached hydrogen (secondary N) is 2. The van der Waals surface area contributed by atoms with Crippen LogP contribution in [0, 0.1) is 12.3 Å². The van der Waals surface area contributed by atoms with Crippen molar-refractivity contribution in [2.45, 2.75) is 31.8 Å². The number of amides is 4. The maximum Gasteiger partial charge on any atom is 0.255 e. The van der Waals surface area contributed by atoms with Crippen LogP contribution in [0.4, 0.5) is 5.69 Å². The van der Waals surface area contributed by atoms with Crippen molar-refractivity contribution in [1.29, 1.82) is 0 Å². The molecule has 1 unspecified atom stereocenters. The van der Waals surface area contributed by atoms with Gasteiger partial charge in [-0.25, -0.2) is 0 Å². The van der Waals surface area contributed by atoms with Crippen LogP contribution in [0.3, 0.4) is 0 Å². The lowest BCUT2D eigenvalue weighted by molar-refractivity contribution is -0.137. The molecule has 1 atom stereocenters. The van der Waals surface area contributed by atoms with Crippen molar-refractivity contribution in [3.8, 4) is 12.3 Å². The van der Waals surface area contributed by atoms with Gasteiger partial charge in [-0.05, 0) is 18.6 Å². The molecule has 0 radical (unpaired) electrons. The van der Waals surface area contributed by atoms with Crippen LogP contribution >= 0.6 is 0 Å². The Morgan fingerprint density at radius 1 is 1.12 bits per heavy atom. The third-order valence-corrected chi connectivity index (χ3v) is 5.26. The summed E-state index contributed by atoms with van der Waals surface area (Å²) in [7, 11) is 0. The molecule has 0 saturated carbocycles. The predicted octanol–water partition coefficient (Wildman–Crippen LogP) is 0.459. The molecule has 1 aromatic carbocycles. The molecule has 4 amide bonds. The number of ether oxygens (including phenoxy) is 3. The molecule has 3 rings (SSSR count). The highest BCUT2D eigenvalue weighted by Crippen LogP contribution is 2.32. The Balaban J connectivity index is 1.43. The summed E-state index contributed by atoms with van der Waals surface area (Å²) in [6, 6.07) is 4.36. The summed E-state index contributed by atoms with van der Waals surface area (Å²) >= 11 is 0. The van der Waals surface area contributed by atoms with Gasteiger partial charge >= 0.3 is 0 Å². The number of hydrogen-bond acceptors (Lipinski definition) is 7. The molecule has 33 heavy (non-hydrogen) atoms. The van der Waals surface area contributed by atoms with Crippen molar-refractivity contribution in [3.63, 3.8) is 0 Å². The summed E-state index contributed by atoms with van der Waals surface area (Å²) in [6.07, 6.45) is 5.67. The monoisotopic (exact) mass is 457 g/mol. The fourth-order valence-corrected chi connectivity index (χ4v) is 3.65. The summed E-state index contributed by atoms with van der Waals surface area (Å²) in [6.45, 7) is 2.22. The van der Waals surface area contributed by atoms with E-state index < -0.39 is 11.9 Å². The first-order valence-corrected chi connectivity index (χ1v) is 10.7. The van der Waals surface area contributed by atoms with E-state index in [-0.39, 0.29) is 56.7 Å². The molecule has 2 N–H and O–H groups in total.